The number of aromatic nitrogens is 2. The molecular formula is C25H36N2O3. The average molecular weight is 413 g/mol. The lowest BCUT2D eigenvalue weighted by Gasteiger charge is -2.42. The summed E-state index contributed by atoms with van der Waals surface area (Å²) in [5.74, 6) is 1.55. The molecule has 0 unspecified atom stereocenters. The minimum absolute atomic E-state index is 0.167. The summed E-state index contributed by atoms with van der Waals surface area (Å²) in [5, 5.41) is 10.6. The molecule has 1 N–H and O–H groups in total. The zero-order valence-corrected chi connectivity index (χ0v) is 18.7. The Hall–Kier alpha value is -2.14. The van der Waals surface area contributed by atoms with Gasteiger partial charge in [-0.25, -0.2) is 9.78 Å². The second-order valence-electron chi connectivity index (χ2n) is 9.29. The predicted molar refractivity (Wildman–Crippen MR) is 119 cm³/mol. The molecule has 0 aromatic carbocycles. The molecule has 0 aliphatic heterocycles. The number of hydrogen-bond acceptors (Lipinski definition) is 4. The Morgan fingerprint density at radius 3 is 2.73 bits per heavy atom. The van der Waals surface area contributed by atoms with Crippen LogP contribution in [0.15, 0.2) is 42.4 Å². The van der Waals surface area contributed by atoms with E-state index < -0.39 is 0 Å². The van der Waals surface area contributed by atoms with Crippen LogP contribution >= 0.6 is 0 Å². The highest BCUT2D eigenvalue weighted by molar-refractivity contribution is 5.86. The van der Waals surface area contributed by atoms with E-state index in [1.165, 1.54) is 11.6 Å². The van der Waals surface area contributed by atoms with E-state index in [0.29, 0.717) is 36.5 Å². The van der Waals surface area contributed by atoms with Gasteiger partial charge in [0.1, 0.15) is 6.10 Å². The molecule has 1 heterocycles. The molecule has 0 fully saturated rings. The Labute approximate surface area is 180 Å². The fourth-order valence-electron chi connectivity index (χ4n) is 5.01. The molecule has 5 nitrogen and oxygen atoms in total. The number of hydrogen-bond donors (Lipinski definition) is 1. The highest BCUT2D eigenvalue weighted by Gasteiger charge is 2.37. The number of ether oxygens (including phenoxy) is 1. The van der Waals surface area contributed by atoms with Crippen molar-refractivity contribution in [3.05, 3.63) is 48.1 Å². The normalized spacial score (nSPS) is 30.2. The monoisotopic (exact) mass is 412 g/mol. The van der Waals surface area contributed by atoms with Crippen molar-refractivity contribution in [1.29, 1.82) is 0 Å². The van der Waals surface area contributed by atoms with Crippen LogP contribution in [0.5, 0.6) is 0 Å². The number of fused-ring (bicyclic) bond motifs is 1. The van der Waals surface area contributed by atoms with Gasteiger partial charge in [0.25, 0.3) is 0 Å². The van der Waals surface area contributed by atoms with Crippen molar-refractivity contribution >= 4 is 12.0 Å². The van der Waals surface area contributed by atoms with Gasteiger partial charge in [-0.1, -0.05) is 37.6 Å². The summed E-state index contributed by atoms with van der Waals surface area (Å²) in [6.45, 7) is 6.75. The lowest BCUT2D eigenvalue weighted by Crippen LogP contribution is -2.36. The molecule has 1 aromatic rings. The largest absolute Gasteiger partial charge is 0.459 e. The van der Waals surface area contributed by atoms with E-state index in [1.807, 2.05) is 30.0 Å². The van der Waals surface area contributed by atoms with Gasteiger partial charge in [-0.05, 0) is 62.4 Å². The van der Waals surface area contributed by atoms with Crippen LogP contribution in [-0.4, -0.2) is 32.8 Å². The first-order valence-corrected chi connectivity index (χ1v) is 11.2. The number of aryl methyl sites for hydroxylation is 1. The van der Waals surface area contributed by atoms with Crippen molar-refractivity contribution in [2.75, 3.05) is 0 Å². The molecular weight excluding hydrogens is 376 g/mol. The smallest absolute Gasteiger partial charge is 0.331 e. The Balaban J connectivity index is 1.75. The van der Waals surface area contributed by atoms with E-state index >= 15 is 0 Å². The number of allylic oxidation sites excluding steroid dienone is 2. The maximum Gasteiger partial charge on any atom is 0.331 e. The van der Waals surface area contributed by atoms with E-state index in [9.17, 15) is 9.90 Å². The maximum atomic E-state index is 12.5. The molecule has 0 amide bonds. The Bertz CT molecular complexity index is 805. The molecule has 3 rings (SSSR count). The van der Waals surface area contributed by atoms with Gasteiger partial charge in [-0.2, -0.15) is 0 Å². The lowest BCUT2D eigenvalue weighted by atomic mass is 9.64. The highest BCUT2D eigenvalue weighted by Crippen LogP contribution is 2.44. The number of nitrogens with zero attached hydrogens (tertiary/aromatic N) is 2. The third-order valence-electron chi connectivity index (χ3n) is 6.65. The second-order valence-corrected chi connectivity index (χ2v) is 9.29. The van der Waals surface area contributed by atoms with Crippen LogP contribution in [0, 0.1) is 23.7 Å². The molecule has 2 aliphatic rings. The highest BCUT2D eigenvalue weighted by atomic mass is 16.5. The molecule has 2 aliphatic carbocycles. The van der Waals surface area contributed by atoms with E-state index in [0.717, 1.165) is 25.0 Å². The first kappa shape index (κ1) is 22.5. The number of imidazole rings is 1. The molecule has 0 radical (unpaired) electrons. The van der Waals surface area contributed by atoms with Gasteiger partial charge in [-0.3, -0.25) is 0 Å². The molecule has 0 bridgehead atoms. The standard InChI is InChI=1S/C25H36N2O3/c1-17(2)22-11-9-18(3)23-14-21(8-6-5-7-20(28)13-24(22)23)30-25(29)12-10-19-15-27(4)16-26-19/h5-6,9-10,12,15-17,20-24,28H,7-8,11,13-14H2,1-4H3/t20-,21+,22+,23-,24+/m0/s1. The molecule has 5 atom stereocenters. The summed E-state index contributed by atoms with van der Waals surface area (Å²) in [4.78, 5) is 16.7. The summed E-state index contributed by atoms with van der Waals surface area (Å²) in [5.41, 5.74) is 2.11. The zero-order valence-electron chi connectivity index (χ0n) is 18.7. The summed E-state index contributed by atoms with van der Waals surface area (Å²) in [6, 6.07) is 0. The molecule has 5 heteroatoms. The van der Waals surface area contributed by atoms with Gasteiger partial charge < -0.3 is 14.4 Å². The van der Waals surface area contributed by atoms with Crippen molar-refractivity contribution in [1.82, 2.24) is 9.55 Å². The van der Waals surface area contributed by atoms with Gasteiger partial charge in [0.15, 0.2) is 0 Å². The molecule has 0 spiro atoms. The first-order valence-electron chi connectivity index (χ1n) is 11.2. The van der Waals surface area contributed by atoms with Crippen LogP contribution < -0.4 is 0 Å². The van der Waals surface area contributed by atoms with Crippen LogP contribution in [-0.2, 0) is 16.6 Å². The third-order valence-corrected chi connectivity index (χ3v) is 6.65. The third kappa shape index (κ3) is 5.94. The van der Waals surface area contributed by atoms with Crippen molar-refractivity contribution < 1.29 is 14.6 Å². The summed E-state index contributed by atoms with van der Waals surface area (Å²) >= 11 is 0. The fourth-order valence-corrected chi connectivity index (χ4v) is 5.01. The Kier molecular flexibility index (Phi) is 7.70. The van der Waals surface area contributed by atoms with Crippen LogP contribution in [0.2, 0.25) is 0 Å². The second kappa shape index (κ2) is 10.3. The Morgan fingerprint density at radius 1 is 1.27 bits per heavy atom. The Morgan fingerprint density at radius 2 is 2.03 bits per heavy atom. The minimum Gasteiger partial charge on any atom is -0.459 e. The fraction of sp³-hybridized carbons (Fsp3) is 0.600. The van der Waals surface area contributed by atoms with Gasteiger partial charge in [0, 0.05) is 25.7 Å². The predicted octanol–water partition coefficient (Wildman–Crippen LogP) is 4.69. The lowest BCUT2D eigenvalue weighted by molar-refractivity contribution is -0.143. The van der Waals surface area contributed by atoms with E-state index in [4.69, 9.17) is 4.74 Å². The number of carbonyl (C=O) groups is 1. The van der Waals surface area contributed by atoms with Gasteiger partial charge >= 0.3 is 5.97 Å². The zero-order chi connectivity index (χ0) is 21.7. The van der Waals surface area contributed by atoms with Crippen LogP contribution in [0.25, 0.3) is 6.08 Å². The molecule has 0 saturated heterocycles. The van der Waals surface area contributed by atoms with Crippen LogP contribution in [0.1, 0.15) is 58.6 Å². The van der Waals surface area contributed by atoms with E-state index in [-0.39, 0.29) is 18.2 Å². The number of esters is 1. The quantitative estimate of drug-likeness (QED) is 0.443. The number of carbonyl (C=O) groups excluding carboxylic acids is 1. The van der Waals surface area contributed by atoms with Crippen LogP contribution in [0.4, 0.5) is 0 Å². The summed E-state index contributed by atoms with van der Waals surface area (Å²) in [6.07, 6.45) is 16.7. The first-order chi connectivity index (χ1) is 14.3. The number of rotatable bonds is 4. The number of aliphatic hydroxyl groups excluding tert-OH is 1. The van der Waals surface area contributed by atoms with Gasteiger partial charge in [0.2, 0.25) is 0 Å². The molecule has 0 saturated carbocycles. The SMILES string of the molecule is CC1=CC[C@H](C(C)C)[C@H]2C[C@@H](O)CC=CC[C@@H](OC(=O)C=Cc3cn(C)cn3)C[C@@H]12. The van der Waals surface area contributed by atoms with E-state index in [2.05, 4.69) is 31.8 Å². The average Bonchev–Trinajstić information content (AvgIpc) is 3.11. The topological polar surface area (TPSA) is 64.3 Å². The van der Waals surface area contributed by atoms with Gasteiger partial charge in [-0.15, -0.1) is 0 Å². The number of aliphatic hydroxyl groups is 1. The molecule has 1 aromatic heterocycles. The summed E-state index contributed by atoms with van der Waals surface area (Å²) < 4.78 is 7.71. The summed E-state index contributed by atoms with van der Waals surface area (Å²) in [7, 11) is 1.90. The van der Waals surface area contributed by atoms with Crippen LogP contribution in [0.3, 0.4) is 0 Å². The van der Waals surface area contributed by atoms with Crippen molar-refractivity contribution in [3.8, 4) is 0 Å². The van der Waals surface area contributed by atoms with Crippen molar-refractivity contribution in [2.45, 2.75) is 65.1 Å². The van der Waals surface area contributed by atoms with Crippen molar-refractivity contribution in [2.24, 2.45) is 30.7 Å². The van der Waals surface area contributed by atoms with Gasteiger partial charge in [0.05, 0.1) is 18.1 Å². The van der Waals surface area contributed by atoms with Crippen molar-refractivity contribution in [3.63, 3.8) is 0 Å². The minimum atomic E-state index is -0.328. The molecule has 164 valence electrons. The molecule has 30 heavy (non-hydrogen) atoms. The van der Waals surface area contributed by atoms with E-state index in [1.54, 1.807) is 12.4 Å². The maximum absolute atomic E-state index is 12.5.